The van der Waals surface area contributed by atoms with Crippen LogP contribution in [0.2, 0.25) is 0 Å². The Hall–Kier alpha value is -1.11. The monoisotopic (exact) mass is 264 g/mol. The smallest absolute Gasteiger partial charge is 0.367 e. The molecule has 0 aliphatic carbocycles. The molecular formula is C7H2BrF3N3-. The van der Waals surface area contributed by atoms with Crippen molar-refractivity contribution < 1.29 is 13.2 Å². The Morgan fingerprint density at radius 1 is 1.36 bits per heavy atom. The highest BCUT2D eigenvalue weighted by atomic mass is 79.9. The van der Waals surface area contributed by atoms with E-state index in [1.165, 1.54) is 12.3 Å². The van der Waals surface area contributed by atoms with E-state index in [-0.39, 0.29) is 11.2 Å². The van der Waals surface area contributed by atoms with Gasteiger partial charge in [-0.2, -0.15) is 13.2 Å². The number of pyridine rings is 1. The molecule has 2 rings (SSSR count). The largest absolute Gasteiger partial charge is 0.421 e. The molecule has 0 aliphatic rings. The van der Waals surface area contributed by atoms with Gasteiger partial charge in [0.25, 0.3) is 0 Å². The molecule has 0 radical (unpaired) electrons. The molecule has 0 fully saturated rings. The van der Waals surface area contributed by atoms with Crippen LogP contribution in [0, 0.1) is 0 Å². The van der Waals surface area contributed by atoms with Crippen LogP contribution < -0.4 is 4.98 Å². The molecule has 14 heavy (non-hydrogen) atoms. The number of alkyl halides is 3. The maximum absolute atomic E-state index is 12.2. The van der Waals surface area contributed by atoms with Gasteiger partial charge in [-0.15, -0.1) is 0 Å². The molecule has 0 spiro atoms. The molecule has 2 aromatic heterocycles. The van der Waals surface area contributed by atoms with Crippen molar-refractivity contribution in [3.05, 3.63) is 22.6 Å². The first-order chi connectivity index (χ1) is 6.47. The van der Waals surface area contributed by atoms with E-state index in [1.807, 2.05) is 0 Å². The van der Waals surface area contributed by atoms with Gasteiger partial charge in [0.15, 0.2) is 0 Å². The number of halogens is 4. The third kappa shape index (κ3) is 1.59. The minimum atomic E-state index is -4.52. The predicted octanol–water partition coefficient (Wildman–Crippen LogP) is 2.37. The number of imidazole rings is 1. The highest BCUT2D eigenvalue weighted by Crippen LogP contribution is 2.27. The quantitative estimate of drug-likeness (QED) is 0.734. The molecule has 3 nitrogen and oxygen atoms in total. The van der Waals surface area contributed by atoms with E-state index in [4.69, 9.17) is 0 Å². The Labute approximate surface area is 84.5 Å². The summed E-state index contributed by atoms with van der Waals surface area (Å²) in [5.41, 5.74) is 0.132. The second-order valence-corrected chi connectivity index (χ2v) is 3.46. The first kappa shape index (κ1) is 9.45. The number of hydrogen-bond donors (Lipinski definition) is 0. The second kappa shape index (κ2) is 2.94. The van der Waals surface area contributed by atoms with Crippen LogP contribution in [0.25, 0.3) is 11.2 Å². The maximum Gasteiger partial charge on any atom is 0.421 e. The average Bonchev–Trinajstić information content (AvgIpc) is 2.45. The van der Waals surface area contributed by atoms with Gasteiger partial charge in [0.1, 0.15) is 0 Å². The second-order valence-electron chi connectivity index (χ2n) is 2.54. The fourth-order valence-electron chi connectivity index (χ4n) is 0.956. The summed E-state index contributed by atoms with van der Waals surface area (Å²) in [5.74, 6) is -1.15. The van der Waals surface area contributed by atoms with Gasteiger partial charge < -0.3 is 15.0 Å². The number of rotatable bonds is 0. The van der Waals surface area contributed by atoms with Crippen LogP contribution in [0.3, 0.4) is 0 Å². The van der Waals surface area contributed by atoms with Crippen LogP contribution >= 0.6 is 15.9 Å². The molecular weight excluding hydrogens is 263 g/mol. The molecule has 7 heteroatoms. The fourth-order valence-corrected chi connectivity index (χ4v) is 1.28. The van der Waals surface area contributed by atoms with Gasteiger partial charge in [-0.1, -0.05) is 15.9 Å². The Balaban J connectivity index is 2.63. The van der Waals surface area contributed by atoms with Crippen molar-refractivity contribution in [2.45, 2.75) is 6.18 Å². The van der Waals surface area contributed by atoms with Crippen molar-refractivity contribution in [1.82, 2.24) is 15.0 Å². The summed E-state index contributed by atoms with van der Waals surface area (Å²) in [4.78, 5) is 10.3. The molecule has 0 unspecified atom stereocenters. The topological polar surface area (TPSA) is 39.9 Å². The zero-order valence-corrected chi connectivity index (χ0v) is 8.09. The van der Waals surface area contributed by atoms with Crippen LogP contribution in [0.1, 0.15) is 5.82 Å². The molecule has 2 heterocycles. The van der Waals surface area contributed by atoms with Crippen LogP contribution in [0.15, 0.2) is 16.7 Å². The van der Waals surface area contributed by atoms with E-state index >= 15 is 0 Å². The van der Waals surface area contributed by atoms with Crippen LogP contribution in [0.4, 0.5) is 13.2 Å². The summed E-state index contributed by atoms with van der Waals surface area (Å²) in [7, 11) is 0. The van der Waals surface area contributed by atoms with Crippen LogP contribution in [0.5, 0.6) is 0 Å². The molecule has 0 saturated heterocycles. The lowest BCUT2D eigenvalue weighted by atomic mass is 10.4. The average molecular weight is 265 g/mol. The van der Waals surface area contributed by atoms with Crippen molar-refractivity contribution in [3.8, 4) is 0 Å². The van der Waals surface area contributed by atoms with Gasteiger partial charge in [0, 0.05) is 15.6 Å². The molecule has 0 bridgehead atoms. The van der Waals surface area contributed by atoms with Crippen molar-refractivity contribution in [1.29, 1.82) is 0 Å². The molecule has 2 aromatic rings. The fraction of sp³-hybridized carbons (Fsp3) is 0.143. The molecule has 0 saturated carbocycles. The van der Waals surface area contributed by atoms with Crippen LogP contribution in [-0.2, 0) is 6.18 Å². The third-order valence-electron chi connectivity index (χ3n) is 1.51. The standard InChI is InChI=1S/C7H2BrF3N3/c8-3-1-4-5(12-2-3)14-6(13-4)7(9,10)11/h1-2H/q-1. The van der Waals surface area contributed by atoms with E-state index < -0.39 is 12.0 Å². The molecule has 74 valence electrons. The molecule has 0 aliphatic heterocycles. The molecule has 0 aromatic carbocycles. The van der Waals surface area contributed by atoms with Gasteiger partial charge in [-0.25, -0.2) is 0 Å². The number of aromatic nitrogens is 3. The lowest BCUT2D eigenvalue weighted by molar-refractivity contribution is -0.144. The first-order valence-electron chi connectivity index (χ1n) is 3.50. The van der Waals surface area contributed by atoms with Crippen molar-refractivity contribution in [3.63, 3.8) is 0 Å². The van der Waals surface area contributed by atoms with Gasteiger partial charge in [-0.05, 0) is 12.3 Å². The van der Waals surface area contributed by atoms with Gasteiger partial charge in [0.2, 0.25) is 0 Å². The minimum Gasteiger partial charge on any atom is -0.367 e. The lowest BCUT2D eigenvalue weighted by Gasteiger charge is -2.03. The highest BCUT2D eigenvalue weighted by molar-refractivity contribution is 9.10. The first-order valence-corrected chi connectivity index (χ1v) is 4.29. The highest BCUT2D eigenvalue weighted by Gasteiger charge is 2.29. The van der Waals surface area contributed by atoms with Crippen molar-refractivity contribution in [2.75, 3.05) is 0 Å². The minimum absolute atomic E-state index is 0.000486. The normalized spacial score (nSPS) is 12.3. The van der Waals surface area contributed by atoms with Gasteiger partial charge in [-0.3, -0.25) is 0 Å². The maximum atomic E-state index is 12.2. The predicted molar refractivity (Wildman–Crippen MR) is 45.6 cm³/mol. The van der Waals surface area contributed by atoms with Crippen molar-refractivity contribution in [2.24, 2.45) is 0 Å². The van der Waals surface area contributed by atoms with E-state index in [9.17, 15) is 13.2 Å². The summed E-state index contributed by atoms with van der Waals surface area (Å²) >= 11 is 3.08. The summed E-state index contributed by atoms with van der Waals surface area (Å²) in [6.07, 6.45) is -3.15. The Morgan fingerprint density at radius 3 is 2.71 bits per heavy atom. The zero-order chi connectivity index (χ0) is 10.3. The Morgan fingerprint density at radius 2 is 2.07 bits per heavy atom. The molecule has 0 atom stereocenters. The van der Waals surface area contributed by atoms with Gasteiger partial charge >= 0.3 is 6.18 Å². The number of hydrogen-bond acceptors (Lipinski definition) is 2. The lowest BCUT2D eigenvalue weighted by Crippen LogP contribution is -2.08. The van der Waals surface area contributed by atoms with E-state index in [0.29, 0.717) is 4.47 Å². The summed E-state index contributed by atoms with van der Waals surface area (Å²) < 4.78 is 37.1. The van der Waals surface area contributed by atoms with Gasteiger partial charge in [0.05, 0.1) is 5.82 Å². The van der Waals surface area contributed by atoms with E-state index in [0.717, 1.165) is 0 Å². The number of fused-ring (bicyclic) bond motifs is 1. The van der Waals surface area contributed by atoms with E-state index in [2.05, 4.69) is 30.9 Å². The Bertz CT molecular complexity index is 476. The summed E-state index contributed by atoms with van der Waals surface area (Å²) in [5, 5.41) is 0. The van der Waals surface area contributed by atoms with E-state index in [1.54, 1.807) is 0 Å². The number of nitrogens with zero attached hydrogens (tertiary/aromatic N) is 3. The molecule has 0 amide bonds. The zero-order valence-electron chi connectivity index (χ0n) is 6.51. The SMILES string of the molecule is FC(F)(F)c1nc2cc(Br)cnc2[n-]1. The van der Waals surface area contributed by atoms with Crippen molar-refractivity contribution >= 4 is 27.1 Å². The summed E-state index contributed by atoms with van der Waals surface area (Å²) in [6.45, 7) is 0. The van der Waals surface area contributed by atoms with Crippen LogP contribution in [-0.4, -0.2) is 9.97 Å². The third-order valence-corrected chi connectivity index (χ3v) is 1.94. The molecule has 0 N–H and O–H groups in total. The summed E-state index contributed by atoms with van der Waals surface area (Å²) in [6, 6.07) is 1.44. The Kier molecular flexibility index (Phi) is 1.99.